The zero-order valence-corrected chi connectivity index (χ0v) is 22.4. The number of methoxy groups -OCH3 is 1. The summed E-state index contributed by atoms with van der Waals surface area (Å²) in [7, 11) is -2.03. The van der Waals surface area contributed by atoms with Gasteiger partial charge in [0.15, 0.2) is 0 Å². The zero-order chi connectivity index (χ0) is 26.2. The van der Waals surface area contributed by atoms with Gasteiger partial charge in [0.05, 0.1) is 19.1 Å². The predicted molar refractivity (Wildman–Crippen MR) is 139 cm³/mol. The van der Waals surface area contributed by atoms with Gasteiger partial charge in [0, 0.05) is 31.1 Å². The van der Waals surface area contributed by atoms with E-state index < -0.39 is 16.1 Å². The highest BCUT2D eigenvalue weighted by Crippen LogP contribution is 2.28. The molecule has 0 fully saturated rings. The largest absolute Gasteiger partial charge is 0.497 e. The molecule has 0 saturated carbocycles. The minimum absolute atomic E-state index is 0.0688. The second-order valence-corrected chi connectivity index (χ2v) is 10.6. The SMILES string of the molecule is CCNC(=O)C(C)N(Cc1cccc(OC)c1)C(=O)CCCN(c1cccc(Cl)c1C)S(C)(=O)=O. The standard InChI is InChI=1S/C25H34ClN3O5S/c1-6-27-25(31)19(3)28(17-20-10-7-11-21(16-20)34-4)24(30)14-9-15-29(35(5,32)33)23-13-8-12-22(26)18(23)2/h7-8,10-13,16,19H,6,9,14-15,17H2,1-5H3,(H,27,31). The van der Waals surface area contributed by atoms with E-state index in [4.69, 9.17) is 16.3 Å². The molecule has 10 heteroatoms. The van der Waals surface area contributed by atoms with Gasteiger partial charge in [-0.05, 0) is 62.6 Å². The summed E-state index contributed by atoms with van der Waals surface area (Å²) in [6.07, 6.45) is 1.47. The van der Waals surface area contributed by atoms with E-state index in [1.54, 1.807) is 45.2 Å². The predicted octanol–water partition coefficient (Wildman–Crippen LogP) is 3.76. The summed E-state index contributed by atoms with van der Waals surface area (Å²) in [6, 6.07) is 11.7. The minimum atomic E-state index is -3.60. The number of rotatable bonds is 12. The van der Waals surface area contributed by atoms with Crippen LogP contribution in [0.15, 0.2) is 42.5 Å². The van der Waals surface area contributed by atoms with E-state index in [0.29, 0.717) is 28.6 Å². The van der Waals surface area contributed by atoms with Crippen LogP contribution in [-0.2, 0) is 26.2 Å². The Labute approximate surface area is 213 Å². The van der Waals surface area contributed by atoms with Gasteiger partial charge in [0.25, 0.3) is 0 Å². The molecule has 0 heterocycles. The lowest BCUT2D eigenvalue weighted by atomic mass is 10.1. The molecule has 0 radical (unpaired) electrons. The number of sulfonamides is 1. The van der Waals surface area contributed by atoms with E-state index in [1.165, 1.54) is 9.21 Å². The molecule has 0 aromatic heterocycles. The fraction of sp³-hybridized carbons (Fsp3) is 0.440. The highest BCUT2D eigenvalue weighted by Gasteiger charge is 2.27. The lowest BCUT2D eigenvalue weighted by Gasteiger charge is -2.29. The van der Waals surface area contributed by atoms with Gasteiger partial charge in [0.2, 0.25) is 21.8 Å². The van der Waals surface area contributed by atoms with Crippen LogP contribution >= 0.6 is 11.6 Å². The summed E-state index contributed by atoms with van der Waals surface area (Å²) < 4.78 is 31.5. The summed E-state index contributed by atoms with van der Waals surface area (Å²) in [5.41, 5.74) is 1.95. The average Bonchev–Trinajstić information content (AvgIpc) is 2.81. The summed E-state index contributed by atoms with van der Waals surface area (Å²) in [5, 5.41) is 3.22. The molecule has 0 spiro atoms. The van der Waals surface area contributed by atoms with Crippen LogP contribution in [0, 0.1) is 6.92 Å². The molecule has 0 aliphatic rings. The summed E-state index contributed by atoms with van der Waals surface area (Å²) in [5.74, 6) is 0.153. The molecule has 8 nitrogen and oxygen atoms in total. The molecule has 1 unspecified atom stereocenters. The van der Waals surface area contributed by atoms with Crippen LogP contribution in [0.5, 0.6) is 5.75 Å². The monoisotopic (exact) mass is 523 g/mol. The van der Waals surface area contributed by atoms with Crippen molar-refractivity contribution in [1.82, 2.24) is 10.2 Å². The van der Waals surface area contributed by atoms with Crippen molar-refractivity contribution in [2.24, 2.45) is 0 Å². The van der Waals surface area contributed by atoms with Gasteiger partial charge in [-0.3, -0.25) is 13.9 Å². The number of benzene rings is 2. The maximum atomic E-state index is 13.3. The third-order valence-electron chi connectivity index (χ3n) is 5.67. The maximum absolute atomic E-state index is 13.3. The minimum Gasteiger partial charge on any atom is -0.497 e. The van der Waals surface area contributed by atoms with Crippen molar-refractivity contribution in [3.8, 4) is 5.75 Å². The molecule has 0 saturated heterocycles. The molecule has 1 N–H and O–H groups in total. The second-order valence-electron chi connectivity index (χ2n) is 8.27. The Bertz CT molecular complexity index is 1140. The lowest BCUT2D eigenvalue weighted by molar-refractivity contribution is -0.140. The number of hydrogen-bond donors (Lipinski definition) is 1. The summed E-state index contributed by atoms with van der Waals surface area (Å²) in [6.45, 7) is 6.03. The zero-order valence-electron chi connectivity index (χ0n) is 20.9. The number of ether oxygens (including phenoxy) is 1. The molecule has 0 bridgehead atoms. The average molecular weight is 524 g/mol. The van der Waals surface area contributed by atoms with Crippen LogP contribution in [-0.4, -0.2) is 57.6 Å². The number of anilines is 1. The van der Waals surface area contributed by atoms with Gasteiger partial charge in [0.1, 0.15) is 11.8 Å². The van der Waals surface area contributed by atoms with Gasteiger partial charge in [-0.2, -0.15) is 0 Å². The molecule has 192 valence electrons. The first-order valence-electron chi connectivity index (χ1n) is 11.4. The van der Waals surface area contributed by atoms with Crippen LogP contribution in [0.1, 0.15) is 37.8 Å². The number of carbonyl (C=O) groups excluding carboxylic acids is 2. The molecule has 1 atom stereocenters. The number of amides is 2. The van der Waals surface area contributed by atoms with Crippen molar-refractivity contribution in [3.63, 3.8) is 0 Å². The van der Waals surface area contributed by atoms with Crippen LogP contribution in [0.3, 0.4) is 0 Å². The van der Waals surface area contributed by atoms with Crippen LogP contribution in [0.25, 0.3) is 0 Å². The van der Waals surface area contributed by atoms with Crippen molar-refractivity contribution >= 4 is 39.1 Å². The van der Waals surface area contributed by atoms with E-state index in [9.17, 15) is 18.0 Å². The highest BCUT2D eigenvalue weighted by molar-refractivity contribution is 7.92. The molecule has 2 aromatic carbocycles. The molecule has 2 rings (SSSR count). The second kappa shape index (κ2) is 12.8. The Hall–Kier alpha value is -2.78. The smallest absolute Gasteiger partial charge is 0.242 e. The number of carbonyl (C=O) groups is 2. The van der Waals surface area contributed by atoms with Crippen molar-refractivity contribution in [1.29, 1.82) is 0 Å². The molecule has 0 aliphatic heterocycles. The lowest BCUT2D eigenvalue weighted by Crippen LogP contribution is -2.47. The van der Waals surface area contributed by atoms with Crippen molar-refractivity contribution in [2.45, 2.75) is 46.2 Å². The number of likely N-dealkylation sites (N-methyl/N-ethyl adjacent to an activating group) is 1. The number of hydrogen-bond acceptors (Lipinski definition) is 5. The Morgan fingerprint density at radius 1 is 1.17 bits per heavy atom. The number of nitrogens with zero attached hydrogens (tertiary/aromatic N) is 2. The number of nitrogens with one attached hydrogen (secondary N) is 1. The first-order valence-corrected chi connectivity index (χ1v) is 13.6. The van der Waals surface area contributed by atoms with E-state index in [0.717, 1.165) is 11.8 Å². The van der Waals surface area contributed by atoms with Crippen LogP contribution in [0.4, 0.5) is 5.69 Å². The Kier molecular flexibility index (Phi) is 10.4. The molecular formula is C25H34ClN3O5S. The first kappa shape index (κ1) is 28.5. The third kappa shape index (κ3) is 7.86. The normalized spacial score (nSPS) is 12.1. The number of halogens is 1. The Morgan fingerprint density at radius 3 is 2.49 bits per heavy atom. The molecule has 2 aromatic rings. The summed E-state index contributed by atoms with van der Waals surface area (Å²) in [4.78, 5) is 27.3. The van der Waals surface area contributed by atoms with Gasteiger partial charge in [-0.25, -0.2) is 8.42 Å². The van der Waals surface area contributed by atoms with E-state index in [-0.39, 0.29) is 37.7 Å². The van der Waals surface area contributed by atoms with E-state index >= 15 is 0 Å². The van der Waals surface area contributed by atoms with E-state index in [1.807, 2.05) is 25.1 Å². The van der Waals surface area contributed by atoms with Crippen molar-refractivity contribution in [2.75, 3.05) is 30.8 Å². The van der Waals surface area contributed by atoms with Crippen LogP contribution in [0.2, 0.25) is 5.02 Å². The molecule has 35 heavy (non-hydrogen) atoms. The Balaban J connectivity index is 2.21. The molecule has 0 aliphatic carbocycles. The van der Waals surface area contributed by atoms with Gasteiger partial charge < -0.3 is 15.0 Å². The molecule has 2 amide bonds. The fourth-order valence-electron chi connectivity index (χ4n) is 3.72. The molecular weight excluding hydrogens is 490 g/mol. The summed E-state index contributed by atoms with van der Waals surface area (Å²) >= 11 is 6.19. The first-order chi connectivity index (χ1) is 16.5. The quantitative estimate of drug-likeness (QED) is 0.457. The maximum Gasteiger partial charge on any atom is 0.242 e. The van der Waals surface area contributed by atoms with Crippen molar-refractivity contribution < 1.29 is 22.7 Å². The van der Waals surface area contributed by atoms with Crippen LogP contribution < -0.4 is 14.4 Å². The fourth-order valence-corrected chi connectivity index (χ4v) is 4.91. The van der Waals surface area contributed by atoms with E-state index in [2.05, 4.69) is 5.32 Å². The van der Waals surface area contributed by atoms with Crippen molar-refractivity contribution in [3.05, 3.63) is 58.6 Å². The topological polar surface area (TPSA) is 96.0 Å². The van der Waals surface area contributed by atoms with Gasteiger partial charge in [-0.1, -0.05) is 29.8 Å². The van der Waals surface area contributed by atoms with Gasteiger partial charge in [-0.15, -0.1) is 0 Å². The van der Waals surface area contributed by atoms with Gasteiger partial charge >= 0.3 is 0 Å². The third-order valence-corrected chi connectivity index (χ3v) is 7.25. The Morgan fingerprint density at radius 2 is 1.86 bits per heavy atom. The highest BCUT2D eigenvalue weighted by atomic mass is 35.5.